The van der Waals surface area contributed by atoms with Gasteiger partial charge in [-0.2, -0.15) is 0 Å². The van der Waals surface area contributed by atoms with Gasteiger partial charge in [-0.05, 0) is 42.2 Å². The standard InChI is InChI=1S/C15H12O2.C9H10O/c16-13-10-15(11-6-2-1-3-7-11)17-14-9-5-4-8-12(13)14;1-2-6-9-8(4-1)5-3-7-10-9/h1-9,15H,10H2;1-2,4,6H,3,5,7H2. The number of ketones is 1. The van der Waals surface area contributed by atoms with Gasteiger partial charge in [0, 0.05) is 0 Å². The third-order valence-corrected chi connectivity index (χ3v) is 4.82. The summed E-state index contributed by atoms with van der Waals surface area (Å²) < 4.78 is 11.3. The first-order valence-electron chi connectivity index (χ1n) is 9.36. The van der Waals surface area contributed by atoms with Crippen LogP contribution in [0.2, 0.25) is 0 Å². The first kappa shape index (κ1) is 17.3. The summed E-state index contributed by atoms with van der Waals surface area (Å²) in [6, 6.07) is 25.5. The molecule has 3 aromatic carbocycles. The highest BCUT2D eigenvalue weighted by atomic mass is 16.5. The van der Waals surface area contributed by atoms with E-state index >= 15 is 0 Å². The molecule has 3 aromatic rings. The lowest BCUT2D eigenvalue weighted by atomic mass is 9.96. The topological polar surface area (TPSA) is 35.5 Å². The molecule has 1 unspecified atom stereocenters. The van der Waals surface area contributed by atoms with Crippen LogP contribution in [0.1, 0.15) is 40.4 Å². The van der Waals surface area contributed by atoms with Crippen LogP contribution in [0.3, 0.4) is 0 Å². The van der Waals surface area contributed by atoms with Crippen LogP contribution in [0, 0.1) is 0 Å². The van der Waals surface area contributed by atoms with Crippen molar-refractivity contribution in [3.8, 4) is 11.5 Å². The van der Waals surface area contributed by atoms with Gasteiger partial charge < -0.3 is 9.47 Å². The van der Waals surface area contributed by atoms with Crippen LogP contribution in [0.25, 0.3) is 0 Å². The minimum absolute atomic E-state index is 0.153. The SMILES string of the molecule is O=C1CC(c2ccccc2)Oc2ccccc21.c1ccc2c(c1)CCCO2. The minimum atomic E-state index is -0.154. The van der Waals surface area contributed by atoms with E-state index in [0.717, 1.165) is 24.3 Å². The van der Waals surface area contributed by atoms with Crippen molar-refractivity contribution in [3.63, 3.8) is 0 Å². The van der Waals surface area contributed by atoms with Crippen molar-refractivity contribution >= 4 is 5.78 Å². The number of carbonyl (C=O) groups is 1. The molecule has 0 aliphatic carbocycles. The number of benzene rings is 3. The smallest absolute Gasteiger partial charge is 0.170 e. The van der Waals surface area contributed by atoms with Crippen LogP contribution in [0.15, 0.2) is 78.9 Å². The Bertz CT molecular complexity index is 893. The maximum atomic E-state index is 12.0. The van der Waals surface area contributed by atoms with Gasteiger partial charge in [0.25, 0.3) is 0 Å². The first-order chi connectivity index (χ1) is 13.3. The summed E-state index contributed by atoms with van der Waals surface area (Å²) in [5.74, 6) is 1.92. The summed E-state index contributed by atoms with van der Waals surface area (Å²) in [6.45, 7) is 0.886. The molecule has 0 amide bonds. The number of para-hydroxylation sites is 2. The van der Waals surface area contributed by atoms with Gasteiger partial charge in [0.15, 0.2) is 5.78 Å². The summed E-state index contributed by atoms with van der Waals surface area (Å²) in [4.78, 5) is 12.0. The fourth-order valence-corrected chi connectivity index (χ4v) is 3.42. The van der Waals surface area contributed by atoms with Crippen molar-refractivity contribution in [2.45, 2.75) is 25.4 Å². The van der Waals surface area contributed by atoms with Crippen LogP contribution < -0.4 is 9.47 Å². The van der Waals surface area contributed by atoms with Gasteiger partial charge in [-0.1, -0.05) is 60.7 Å². The molecule has 0 saturated heterocycles. The van der Waals surface area contributed by atoms with Crippen molar-refractivity contribution in [3.05, 3.63) is 95.6 Å². The fraction of sp³-hybridized carbons (Fsp3) is 0.208. The summed E-state index contributed by atoms with van der Waals surface area (Å²) in [6.07, 6.45) is 2.60. The number of hydrogen-bond acceptors (Lipinski definition) is 3. The number of Topliss-reactive ketones (excluding diaryl/α,β-unsaturated/α-hetero) is 1. The second kappa shape index (κ2) is 8.09. The monoisotopic (exact) mass is 358 g/mol. The molecule has 0 N–H and O–H groups in total. The maximum absolute atomic E-state index is 12.0. The van der Waals surface area contributed by atoms with Gasteiger partial charge in [-0.3, -0.25) is 4.79 Å². The highest BCUT2D eigenvalue weighted by Gasteiger charge is 2.26. The van der Waals surface area contributed by atoms with Crippen LogP contribution in [0.5, 0.6) is 11.5 Å². The Balaban J connectivity index is 0.000000153. The Labute approximate surface area is 159 Å². The fourth-order valence-electron chi connectivity index (χ4n) is 3.42. The lowest BCUT2D eigenvalue weighted by Gasteiger charge is -2.25. The van der Waals surface area contributed by atoms with E-state index < -0.39 is 0 Å². The average Bonchev–Trinajstić information content (AvgIpc) is 2.75. The summed E-state index contributed by atoms with van der Waals surface area (Å²) >= 11 is 0. The molecular weight excluding hydrogens is 336 g/mol. The van der Waals surface area contributed by atoms with Crippen molar-refractivity contribution < 1.29 is 14.3 Å². The molecule has 136 valence electrons. The molecule has 0 spiro atoms. The van der Waals surface area contributed by atoms with Gasteiger partial charge in [0.2, 0.25) is 0 Å². The predicted octanol–water partition coefficient (Wildman–Crippen LogP) is 5.40. The molecule has 0 saturated carbocycles. The molecule has 2 aliphatic rings. The zero-order chi connectivity index (χ0) is 18.5. The van der Waals surface area contributed by atoms with E-state index in [1.165, 1.54) is 12.0 Å². The van der Waals surface area contributed by atoms with E-state index in [9.17, 15) is 4.79 Å². The van der Waals surface area contributed by atoms with Gasteiger partial charge in [0.1, 0.15) is 17.6 Å². The molecule has 2 heterocycles. The van der Waals surface area contributed by atoms with E-state index in [0.29, 0.717) is 17.7 Å². The van der Waals surface area contributed by atoms with E-state index in [-0.39, 0.29) is 11.9 Å². The van der Waals surface area contributed by atoms with Gasteiger partial charge >= 0.3 is 0 Å². The van der Waals surface area contributed by atoms with E-state index in [4.69, 9.17) is 9.47 Å². The molecule has 0 bridgehead atoms. The summed E-state index contributed by atoms with van der Waals surface area (Å²) in [5, 5.41) is 0. The number of aryl methyl sites for hydroxylation is 1. The lowest BCUT2D eigenvalue weighted by molar-refractivity contribution is 0.0850. The molecular formula is C24H22O3. The van der Waals surface area contributed by atoms with Crippen molar-refractivity contribution in [2.24, 2.45) is 0 Å². The highest BCUT2D eigenvalue weighted by Crippen LogP contribution is 2.34. The molecule has 2 aliphatic heterocycles. The van der Waals surface area contributed by atoms with Gasteiger partial charge in [0.05, 0.1) is 18.6 Å². The van der Waals surface area contributed by atoms with Crippen LogP contribution in [0.4, 0.5) is 0 Å². The van der Waals surface area contributed by atoms with Crippen molar-refractivity contribution in [1.29, 1.82) is 0 Å². The molecule has 3 heteroatoms. The van der Waals surface area contributed by atoms with E-state index in [2.05, 4.69) is 12.1 Å². The van der Waals surface area contributed by atoms with Crippen molar-refractivity contribution in [1.82, 2.24) is 0 Å². The molecule has 0 fully saturated rings. The van der Waals surface area contributed by atoms with Gasteiger partial charge in [-0.15, -0.1) is 0 Å². The Kier molecular flexibility index (Phi) is 5.20. The predicted molar refractivity (Wildman–Crippen MR) is 105 cm³/mol. The second-order valence-corrected chi connectivity index (χ2v) is 6.70. The zero-order valence-electron chi connectivity index (χ0n) is 15.1. The Morgan fingerprint density at radius 3 is 2.30 bits per heavy atom. The van der Waals surface area contributed by atoms with Gasteiger partial charge in [-0.25, -0.2) is 0 Å². The number of ether oxygens (including phenoxy) is 2. The molecule has 5 rings (SSSR count). The Morgan fingerprint density at radius 1 is 0.778 bits per heavy atom. The third kappa shape index (κ3) is 4.03. The Morgan fingerprint density at radius 2 is 1.48 bits per heavy atom. The number of fused-ring (bicyclic) bond motifs is 2. The summed E-state index contributed by atoms with van der Waals surface area (Å²) in [5.41, 5.74) is 3.10. The first-order valence-corrected chi connectivity index (χ1v) is 9.36. The summed E-state index contributed by atoms with van der Waals surface area (Å²) in [7, 11) is 0. The lowest BCUT2D eigenvalue weighted by Crippen LogP contribution is -2.20. The molecule has 0 radical (unpaired) electrons. The van der Waals surface area contributed by atoms with E-state index in [1.807, 2.05) is 66.7 Å². The van der Waals surface area contributed by atoms with Crippen LogP contribution in [-0.2, 0) is 6.42 Å². The highest BCUT2D eigenvalue weighted by molar-refractivity contribution is 5.99. The normalized spacial score (nSPS) is 17.3. The largest absolute Gasteiger partial charge is 0.493 e. The van der Waals surface area contributed by atoms with Crippen LogP contribution in [-0.4, -0.2) is 12.4 Å². The average molecular weight is 358 g/mol. The van der Waals surface area contributed by atoms with Crippen LogP contribution >= 0.6 is 0 Å². The quantitative estimate of drug-likeness (QED) is 0.584. The minimum Gasteiger partial charge on any atom is -0.493 e. The molecule has 27 heavy (non-hydrogen) atoms. The number of hydrogen-bond donors (Lipinski definition) is 0. The molecule has 1 atom stereocenters. The Hall–Kier alpha value is -3.07. The molecule has 3 nitrogen and oxygen atoms in total. The number of rotatable bonds is 1. The molecule has 0 aromatic heterocycles. The third-order valence-electron chi connectivity index (χ3n) is 4.82. The van der Waals surface area contributed by atoms with E-state index in [1.54, 1.807) is 0 Å². The number of carbonyl (C=O) groups excluding carboxylic acids is 1. The second-order valence-electron chi connectivity index (χ2n) is 6.70. The van der Waals surface area contributed by atoms with Crippen molar-refractivity contribution in [2.75, 3.05) is 6.61 Å². The maximum Gasteiger partial charge on any atom is 0.170 e. The zero-order valence-corrected chi connectivity index (χ0v) is 15.1.